The van der Waals surface area contributed by atoms with Crippen molar-refractivity contribution in [1.29, 1.82) is 0 Å². The van der Waals surface area contributed by atoms with Gasteiger partial charge in [-0.25, -0.2) is 0 Å². The fourth-order valence-electron chi connectivity index (χ4n) is 2.05. The molecule has 2 atom stereocenters. The fraction of sp³-hybridized carbons (Fsp3) is 0.538. The van der Waals surface area contributed by atoms with Crippen molar-refractivity contribution in [2.75, 3.05) is 37.7 Å². The largest absolute Gasteiger partial charge is 0.399 e. The van der Waals surface area contributed by atoms with E-state index in [-0.39, 0.29) is 6.10 Å². The fourth-order valence-corrected chi connectivity index (χ4v) is 3.22. The molecule has 0 spiro atoms. The van der Waals surface area contributed by atoms with Crippen LogP contribution >= 0.6 is 0 Å². The average molecular weight is 268 g/mol. The molecule has 18 heavy (non-hydrogen) atoms. The molecule has 1 aromatic rings. The minimum atomic E-state index is -1.01. The maximum atomic E-state index is 12.2. The molecule has 0 saturated carbocycles. The third-order valence-electron chi connectivity index (χ3n) is 3.15. The molecule has 2 rings (SSSR count). The zero-order chi connectivity index (χ0) is 13.0. The van der Waals surface area contributed by atoms with Crippen LogP contribution in [0.25, 0.3) is 0 Å². The molecule has 0 radical (unpaired) electrons. The van der Waals surface area contributed by atoms with Gasteiger partial charge in [0.2, 0.25) is 0 Å². The van der Waals surface area contributed by atoms with Gasteiger partial charge >= 0.3 is 0 Å². The van der Waals surface area contributed by atoms with Crippen LogP contribution < -0.4 is 5.73 Å². The van der Waals surface area contributed by atoms with Crippen molar-refractivity contribution in [3.63, 3.8) is 0 Å². The van der Waals surface area contributed by atoms with Crippen LogP contribution in [-0.4, -0.2) is 47.2 Å². The highest BCUT2D eigenvalue weighted by Crippen LogP contribution is 2.13. The van der Waals surface area contributed by atoms with E-state index < -0.39 is 10.8 Å². The monoisotopic (exact) mass is 268 g/mol. The van der Waals surface area contributed by atoms with Gasteiger partial charge in [0, 0.05) is 23.7 Å². The summed E-state index contributed by atoms with van der Waals surface area (Å²) in [4.78, 5) is 3.15. The number of likely N-dealkylation sites (N-methyl/N-ethyl adjacent to an activating group) is 1. The Kier molecular flexibility index (Phi) is 4.74. The first kappa shape index (κ1) is 13.5. The number of anilines is 1. The Hall–Kier alpha value is -0.910. The average Bonchev–Trinajstić information content (AvgIpc) is 2.39. The maximum absolute atomic E-state index is 12.2. The molecular formula is C13H20N2O2S. The third-order valence-corrected chi connectivity index (χ3v) is 4.62. The number of hydrogen-bond donors (Lipinski definition) is 1. The molecule has 0 bridgehead atoms. The summed E-state index contributed by atoms with van der Waals surface area (Å²) in [6.45, 7) is 5.74. The first-order valence-electron chi connectivity index (χ1n) is 6.27. The van der Waals surface area contributed by atoms with E-state index in [2.05, 4.69) is 11.8 Å². The molecular weight excluding hydrogens is 248 g/mol. The van der Waals surface area contributed by atoms with Gasteiger partial charge in [0.15, 0.2) is 0 Å². The Morgan fingerprint density at radius 1 is 1.44 bits per heavy atom. The van der Waals surface area contributed by atoms with Crippen molar-refractivity contribution in [1.82, 2.24) is 4.90 Å². The summed E-state index contributed by atoms with van der Waals surface area (Å²) in [7, 11) is -1.01. The molecule has 2 unspecified atom stereocenters. The van der Waals surface area contributed by atoms with Gasteiger partial charge in [-0.2, -0.15) is 0 Å². The van der Waals surface area contributed by atoms with Crippen LogP contribution in [0.3, 0.4) is 0 Å². The van der Waals surface area contributed by atoms with Crippen molar-refractivity contribution in [2.24, 2.45) is 0 Å². The van der Waals surface area contributed by atoms with Crippen LogP contribution in [0.4, 0.5) is 5.69 Å². The molecule has 0 amide bonds. The highest BCUT2D eigenvalue weighted by atomic mass is 32.2. The summed E-state index contributed by atoms with van der Waals surface area (Å²) >= 11 is 0. The van der Waals surface area contributed by atoms with Crippen molar-refractivity contribution >= 4 is 16.5 Å². The van der Waals surface area contributed by atoms with Gasteiger partial charge in [-0.05, 0) is 30.8 Å². The van der Waals surface area contributed by atoms with Gasteiger partial charge in [0.05, 0.1) is 29.3 Å². The summed E-state index contributed by atoms with van der Waals surface area (Å²) < 4.78 is 17.9. The lowest BCUT2D eigenvalue weighted by Crippen LogP contribution is -2.44. The normalized spacial score (nSPS) is 22.8. The predicted molar refractivity (Wildman–Crippen MR) is 74.0 cm³/mol. The van der Waals surface area contributed by atoms with Crippen molar-refractivity contribution < 1.29 is 8.95 Å². The summed E-state index contributed by atoms with van der Waals surface area (Å²) in [5.74, 6) is 0.556. The van der Waals surface area contributed by atoms with Crippen molar-refractivity contribution in [2.45, 2.75) is 17.9 Å². The SMILES string of the molecule is CCN1CCOC(CS(=O)c2ccc(N)cc2)C1. The van der Waals surface area contributed by atoms with E-state index in [4.69, 9.17) is 10.5 Å². The molecule has 1 heterocycles. The Bertz CT molecular complexity index is 408. The van der Waals surface area contributed by atoms with E-state index >= 15 is 0 Å². The summed E-state index contributed by atoms with van der Waals surface area (Å²) in [6.07, 6.45) is 0.0667. The molecule has 0 aromatic heterocycles. The van der Waals surface area contributed by atoms with Gasteiger partial charge < -0.3 is 10.5 Å². The van der Waals surface area contributed by atoms with E-state index in [0.29, 0.717) is 11.4 Å². The van der Waals surface area contributed by atoms with E-state index in [1.165, 1.54) is 0 Å². The van der Waals surface area contributed by atoms with Crippen LogP contribution in [0.1, 0.15) is 6.92 Å². The molecule has 1 aliphatic heterocycles. The molecule has 0 aliphatic carbocycles. The Morgan fingerprint density at radius 2 is 2.17 bits per heavy atom. The highest BCUT2D eigenvalue weighted by Gasteiger charge is 2.21. The van der Waals surface area contributed by atoms with Crippen molar-refractivity contribution in [3.05, 3.63) is 24.3 Å². The Morgan fingerprint density at radius 3 is 2.83 bits per heavy atom. The second kappa shape index (κ2) is 6.31. The number of morpholine rings is 1. The number of benzene rings is 1. The molecule has 2 N–H and O–H groups in total. The summed E-state index contributed by atoms with van der Waals surface area (Å²) in [6, 6.07) is 7.22. The lowest BCUT2D eigenvalue weighted by molar-refractivity contribution is -0.0141. The first-order chi connectivity index (χ1) is 8.69. The van der Waals surface area contributed by atoms with E-state index in [1.807, 2.05) is 12.1 Å². The highest BCUT2D eigenvalue weighted by molar-refractivity contribution is 7.85. The van der Waals surface area contributed by atoms with Gasteiger partial charge in [-0.1, -0.05) is 6.92 Å². The quantitative estimate of drug-likeness (QED) is 0.831. The molecule has 4 nitrogen and oxygen atoms in total. The number of ether oxygens (including phenoxy) is 1. The smallest absolute Gasteiger partial charge is 0.0821 e. The Balaban J connectivity index is 1.92. The molecule has 1 aliphatic rings. The first-order valence-corrected chi connectivity index (χ1v) is 7.59. The zero-order valence-electron chi connectivity index (χ0n) is 10.7. The summed E-state index contributed by atoms with van der Waals surface area (Å²) in [5.41, 5.74) is 6.31. The van der Waals surface area contributed by atoms with Gasteiger partial charge in [0.25, 0.3) is 0 Å². The molecule has 100 valence electrons. The Labute approximate surface area is 111 Å². The molecule has 1 saturated heterocycles. The topological polar surface area (TPSA) is 55.6 Å². The van der Waals surface area contributed by atoms with Gasteiger partial charge in [-0.15, -0.1) is 0 Å². The second-order valence-corrected chi connectivity index (χ2v) is 5.96. The van der Waals surface area contributed by atoms with Crippen LogP contribution in [0, 0.1) is 0 Å². The molecule has 1 fully saturated rings. The van der Waals surface area contributed by atoms with Crippen LogP contribution in [0.2, 0.25) is 0 Å². The molecule has 1 aromatic carbocycles. The van der Waals surface area contributed by atoms with E-state index in [0.717, 1.165) is 31.1 Å². The predicted octanol–water partition coefficient (Wildman–Crippen LogP) is 1.10. The molecule has 5 heteroatoms. The van der Waals surface area contributed by atoms with Gasteiger partial charge in [0.1, 0.15) is 0 Å². The van der Waals surface area contributed by atoms with Crippen LogP contribution in [-0.2, 0) is 15.5 Å². The maximum Gasteiger partial charge on any atom is 0.0821 e. The van der Waals surface area contributed by atoms with E-state index in [1.54, 1.807) is 12.1 Å². The minimum Gasteiger partial charge on any atom is -0.399 e. The van der Waals surface area contributed by atoms with Crippen LogP contribution in [0.5, 0.6) is 0 Å². The van der Waals surface area contributed by atoms with Crippen molar-refractivity contribution in [3.8, 4) is 0 Å². The second-order valence-electron chi connectivity index (χ2n) is 4.47. The number of nitrogen functional groups attached to an aromatic ring is 1. The lowest BCUT2D eigenvalue weighted by Gasteiger charge is -2.31. The minimum absolute atomic E-state index is 0.0667. The summed E-state index contributed by atoms with van der Waals surface area (Å²) in [5, 5.41) is 0. The number of nitrogens with zero attached hydrogens (tertiary/aromatic N) is 1. The number of hydrogen-bond acceptors (Lipinski definition) is 4. The zero-order valence-corrected chi connectivity index (χ0v) is 11.5. The lowest BCUT2D eigenvalue weighted by atomic mass is 10.3. The standard InChI is InChI=1S/C13H20N2O2S/c1-2-15-7-8-17-12(9-15)10-18(16)13-5-3-11(14)4-6-13/h3-6,12H,2,7-10,14H2,1H3. The number of nitrogens with two attached hydrogens (primary N) is 1. The third kappa shape index (κ3) is 3.54. The number of rotatable bonds is 4. The van der Waals surface area contributed by atoms with Gasteiger partial charge in [-0.3, -0.25) is 9.11 Å². The van der Waals surface area contributed by atoms with E-state index in [9.17, 15) is 4.21 Å². The van der Waals surface area contributed by atoms with Crippen LogP contribution in [0.15, 0.2) is 29.2 Å².